The van der Waals surface area contributed by atoms with E-state index in [9.17, 15) is 15.3 Å². The van der Waals surface area contributed by atoms with Gasteiger partial charge in [0.25, 0.3) is 5.91 Å². The minimum absolute atomic E-state index is 0.0266. The van der Waals surface area contributed by atoms with Crippen molar-refractivity contribution in [3.05, 3.63) is 57.0 Å². The summed E-state index contributed by atoms with van der Waals surface area (Å²) in [6, 6.07) is 12.1. The second kappa shape index (κ2) is 8.00. The zero-order valence-electron chi connectivity index (χ0n) is 16.4. The number of nitrogens with one attached hydrogen (secondary N) is 1. The van der Waals surface area contributed by atoms with Gasteiger partial charge < -0.3 is 5.32 Å². The fourth-order valence-corrected chi connectivity index (χ4v) is 4.57. The predicted octanol–water partition coefficient (Wildman–Crippen LogP) is 5.34. The molecule has 1 amide bonds. The van der Waals surface area contributed by atoms with Gasteiger partial charge in [-0.15, -0.1) is 11.3 Å². The molecule has 1 aromatic carbocycles. The van der Waals surface area contributed by atoms with Crippen LogP contribution in [0, 0.1) is 22.7 Å². The molecule has 0 spiro atoms. The molecule has 0 aliphatic heterocycles. The molecule has 142 valence electrons. The van der Waals surface area contributed by atoms with Gasteiger partial charge in [0.1, 0.15) is 22.7 Å². The second-order valence-corrected chi connectivity index (χ2v) is 9.13. The summed E-state index contributed by atoms with van der Waals surface area (Å²) in [5.74, 6) is -0.475. The number of carbonyl (C=O) groups is 1. The fraction of sp³-hybridized carbons (Fsp3) is 0.348. The van der Waals surface area contributed by atoms with Gasteiger partial charge in [-0.25, -0.2) is 0 Å². The molecule has 0 unspecified atom stereocenters. The predicted molar refractivity (Wildman–Crippen MR) is 113 cm³/mol. The third kappa shape index (κ3) is 4.16. The lowest BCUT2D eigenvalue weighted by atomic mass is 9.86. The number of nitrogens with zero attached hydrogens (tertiary/aromatic N) is 2. The number of nitriles is 2. The van der Waals surface area contributed by atoms with E-state index in [4.69, 9.17) is 0 Å². The normalized spacial score (nSPS) is 14.0. The third-order valence-electron chi connectivity index (χ3n) is 4.96. The summed E-state index contributed by atoms with van der Waals surface area (Å²) in [6.45, 7) is 6.41. The van der Waals surface area contributed by atoms with E-state index < -0.39 is 5.91 Å². The van der Waals surface area contributed by atoms with Crippen LogP contribution < -0.4 is 5.32 Å². The molecule has 0 fully saturated rings. The van der Waals surface area contributed by atoms with E-state index in [2.05, 4.69) is 32.2 Å². The molecule has 1 aliphatic carbocycles. The minimum atomic E-state index is -0.475. The molecule has 1 N–H and O–H groups in total. The van der Waals surface area contributed by atoms with Crippen LogP contribution in [0.2, 0.25) is 0 Å². The van der Waals surface area contributed by atoms with Crippen LogP contribution in [0.3, 0.4) is 0 Å². The van der Waals surface area contributed by atoms with Gasteiger partial charge in [0.2, 0.25) is 0 Å². The summed E-state index contributed by atoms with van der Waals surface area (Å²) in [6.07, 6.45) is 5.60. The lowest BCUT2D eigenvalue weighted by molar-refractivity contribution is -0.112. The van der Waals surface area contributed by atoms with Gasteiger partial charge in [-0.1, -0.05) is 45.0 Å². The summed E-state index contributed by atoms with van der Waals surface area (Å²) in [4.78, 5) is 13.8. The van der Waals surface area contributed by atoms with Crippen molar-refractivity contribution in [3.63, 3.8) is 0 Å². The lowest BCUT2D eigenvalue weighted by Crippen LogP contribution is -2.13. The first-order valence-corrected chi connectivity index (χ1v) is 10.2. The summed E-state index contributed by atoms with van der Waals surface area (Å²) in [5.41, 5.74) is 3.68. The largest absolute Gasteiger partial charge is 0.312 e. The van der Waals surface area contributed by atoms with Crippen molar-refractivity contribution in [3.8, 4) is 12.1 Å². The van der Waals surface area contributed by atoms with E-state index in [0.29, 0.717) is 10.6 Å². The number of aryl methyl sites for hydroxylation is 1. The van der Waals surface area contributed by atoms with Crippen molar-refractivity contribution in [2.24, 2.45) is 0 Å². The average Bonchev–Trinajstić information content (AvgIpc) is 3.02. The zero-order valence-corrected chi connectivity index (χ0v) is 17.2. The summed E-state index contributed by atoms with van der Waals surface area (Å²) >= 11 is 1.46. The highest BCUT2D eigenvalue weighted by Gasteiger charge is 2.22. The Hall–Kier alpha value is -2.89. The van der Waals surface area contributed by atoms with E-state index in [-0.39, 0.29) is 11.0 Å². The van der Waals surface area contributed by atoms with Gasteiger partial charge in [0, 0.05) is 4.88 Å². The number of hydrogen-bond donors (Lipinski definition) is 1. The molecule has 3 rings (SSSR count). The Bertz CT molecular complexity index is 1010. The van der Waals surface area contributed by atoms with E-state index >= 15 is 0 Å². The Morgan fingerprint density at radius 1 is 1.14 bits per heavy atom. The van der Waals surface area contributed by atoms with Crippen LogP contribution in [0.5, 0.6) is 0 Å². The monoisotopic (exact) mass is 389 g/mol. The number of fused-ring (bicyclic) bond motifs is 1. The molecular weight excluding hydrogens is 366 g/mol. The summed E-state index contributed by atoms with van der Waals surface area (Å²) in [5, 5.41) is 22.3. The van der Waals surface area contributed by atoms with Gasteiger partial charge in [-0.2, -0.15) is 10.5 Å². The van der Waals surface area contributed by atoms with Crippen LogP contribution in [-0.2, 0) is 23.1 Å². The molecule has 1 aromatic heterocycles. The Kier molecular flexibility index (Phi) is 5.68. The number of hydrogen-bond acceptors (Lipinski definition) is 4. The van der Waals surface area contributed by atoms with E-state index in [1.54, 1.807) is 6.08 Å². The average molecular weight is 390 g/mol. The van der Waals surface area contributed by atoms with Gasteiger partial charge in [-0.05, 0) is 53.9 Å². The molecule has 1 aliphatic rings. The molecule has 2 aromatic rings. The highest BCUT2D eigenvalue weighted by atomic mass is 32.1. The van der Waals surface area contributed by atoms with Crippen LogP contribution in [0.15, 0.2) is 29.8 Å². The quantitative estimate of drug-likeness (QED) is 0.568. The van der Waals surface area contributed by atoms with Gasteiger partial charge >= 0.3 is 0 Å². The number of anilines is 1. The van der Waals surface area contributed by atoms with Crippen molar-refractivity contribution < 1.29 is 4.79 Å². The summed E-state index contributed by atoms with van der Waals surface area (Å²) in [7, 11) is 0. The van der Waals surface area contributed by atoms with Crippen molar-refractivity contribution in [2.75, 3.05) is 5.32 Å². The first kappa shape index (κ1) is 19.9. The summed E-state index contributed by atoms with van der Waals surface area (Å²) < 4.78 is 0. The number of benzene rings is 1. The molecule has 4 nitrogen and oxygen atoms in total. The first-order chi connectivity index (χ1) is 13.3. The molecule has 0 saturated carbocycles. The van der Waals surface area contributed by atoms with Crippen LogP contribution in [0.4, 0.5) is 5.00 Å². The van der Waals surface area contributed by atoms with Gasteiger partial charge in [0.15, 0.2) is 0 Å². The van der Waals surface area contributed by atoms with Gasteiger partial charge in [-0.3, -0.25) is 4.79 Å². The number of rotatable bonds is 3. The third-order valence-corrected chi connectivity index (χ3v) is 6.17. The SMILES string of the molecule is CC(C)(C)c1ccc(C=C(C#N)C(=O)Nc2sc3c(c2C#N)CCCC3)cc1. The molecule has 1 heterocycles. The van der Waals surface area contributed by atoms with Crippen molar-refractivity contribution in [1.82, 2.24) is 0 Å². The first-order valence-electron chi connectivity index (χ1n) is 9.42. The zero-order chi connectivity index (χ0) is 20.3. The fourth-order valence-electron chi connectivity index (χ4n) is 3.34. The second-order valence-electron chi connectivity index (χ2n) is 8.02. The van der Waals surface area contributed by atoms with Crippen molar-refractivity contribution in [1.29, 1.82) is 10.5 Å². The lowest BCUT2D eigenvalue weighted by Gasteiger charge is -2.18. The van der Waals surface area contributed by atoms with E-state index in [1.807, 2.05) is 30.3 Å². The number of amides is 1. The Labute approximate surface area is 170 Å². The molecule has 0 bridgehead atoms. The molecule has 5 heteroatoms. The van der Waals surface area contributed by atoms with Crippen molar-refractivity contribution in [2.45, 2.75) is 51.9 Å². The molecule has 0 radical (unpaired) electrons. The van der Waals surface area contributed by atoms with Crippen LogP contribution >= 0.6 is 11.3 Å². The van der Waals surface area contributed by atoms with Crippen LogP contribution in [-0.4, -0.2) is 5.91 Å². The Morgan fingerprint density at radius 2 is 1.82 bits per heavy atom. The van der Waals surface area contributed by atoms with Gasteiger partial charge in [0.05, 0.1) is 5.56 Å². The van der Waals surface area contributed by atoms with Crippen molar-refractivity contribution >= 4 is 28.3 Å². The maximum Gasteiger partial charge on any atom is 0.266 e. The van der Waals surface area contributed by atoms with Crippen LogP contribution in [0.25, 0.3) is 6.08 Å². The standard InChI is InChI=1S/C23H23N3OS/c1-23(2,3)17-10-8-15(9-11-17)12-16(13-24)21(27)26-22-19(14-25)18-6-4-5-7-20(18)28-22/h8-12H,4-7H2,1-3H3,(H,26,27). The topological polar surface area (TPSA) is 76.7 Å². The minimum Gasteiger partial charge on any atom is -0.312 e. The van der Waals surface area contributed by atoms with E-state index in [1.165, 1.54) is 21.8 Å². The van der Waals surface area contributed by atoms with Crippen LogP contribution in [0.1, 0.15) is 60.7 Å². The highest BCUT2D eigenvalue weighted by Crippen LogP contribution is 2.37. The Morgan fingerprint density at radius 3 is 2.43 bits per heavy atom. The smallest absolute Gasteiger partial charge is 0.266 e. The highest BCUT2D eigenvalue weighted by molar-refractivity contribution is 7.16. The number of thiophene rings is 1. The molecule has 28 heavy (non-hydrogen) atoms. The molecule has 0 saturated heterocycles. The Balaban J connectivity index is 1.83. The van der Waals surface area contributed by atoms with E-state index in [0.717, 1.165) is 36.8 Å². The maximum absolute atomic E-state index is 12.7. The number of carbonyl (C=O) groups excluding carboxylic acids is 1. The molecule has 0 atom stereocenters. The maximum atomic E-state index is 12.7. The molecular formula is C23H23N3OS.